The van der Waals surface area contributed by atoms with Crippen LogP contribution in [0.1, 0.15) is 17.3 Å². The number of hydrogen-bond donors (Lipinski definition) is 0. The summed E-state index contributed by atoms with van der Waals surface area (Å²) in [6.07, 6.45) is 2.57. The molecule has 3 rings (SSSR count). The molecule has 5 nitrogen and oxygen atoms in total. The SMILES string of the molecule is CCOC(=O)c1cn(C)c2cnc3c(F)c(Cl)c(F)cc3c2c1=O. The summed E-state index contributed by atoms with van der Waals surface area (Å²) < 4.78 is 34.3. The van der Waals surface area contributed by atoms with Gasteiger partial charge >= 0.3 is 5.97 Å². The number of fused-ring (bicyclic) bond motifs is 3. The van der Waals surface area contributed by atoms with E-state index in [0.717, 1.165) is 6.07 Å². The number of benzene rings is 1. The normalized spacial score (nSPS) is 11.2. The minimum atomic E-state index is -1.06. The number of carbonyl (C=O) groups is 1. The fraction of sp³-hybridized carbons (Fsp3) is 0.188. The van der Waals surface area contributed by atoms with Gasteiger partial charge in [-0.1, -0.05) is 11.6 Å². The lowest BCUT2D eigenvalue weighted by Crippen LogP contribution is -2.20. The average molecular weight is 353 g/mol. The Morgan fingerprint density at radius 2 is 2.12 bits per heavy atom. The number of hydrogen-bond acceptors (Lipinski definition) is 4. The fourth-order valence-corrected chi connectivity index (χ4v) is 2.69. The highest BCUT2D eigenvalue weighted by atomic mass is 35.5. The molecule has 3 aromatic rings. The van der Waals surface area contributed by atoms with E-state index in [1.807, 2.05) is 0 Å². The highest BCUT2D eigenvalue weighted by molar-refractivity contribution is 6.31. The predicted octanol–water partition coefficient (Wildman–Crippen LogP) is 3.20. The topological polar surface area (TPSA) is 61.2 Å². The first-order valence-electron chi connectivity index (χ1n) is 6.99. The number of aryl methyl sites for hydroxylation is 1. The van der Waals surface area contributed by atoms with Crippen molar-refractivity contribution in [3.63, 3.8) is 0 Å². The first kappa shape index (κ1) is 16.3. The number of halogens is 3. The van der Waals surface area contributed by atoms with E-state index in [2.05, 4.69) is 4.98 Å². The number of esters is 1. The van der Waals surface area contributed by atoms with Gasteiger partial charge in [0.2, 0.25) is 5.43 Å². The van der Waals surface area contributed by atoms with Crippen molar-refractivity contribution in [2.24, 2.45) is 7.05 Å². The van der Waals surface area contributed by atoms with E-state index in [1.165, 1.54) is 17.0 Å². The van der Waals surface area contributed by atoms with Crippen LogP contribution in [-0.2, 0) is 11.8 Å². The molecule has 2 aromatic heterocycles. The number of rotatable bonds is 2. The lowest BCUT2D eigenvalue weighted by atomic mass is 10.1. The van der Waals surface area contributed by atoms with Crippen molar-refractivity contribution in [3.8, 4) is 0 Å². The van der Waals surface area contributed by atoms with Gasteiger partial charge in [0.1, 0.15) is 21.9 Å². The van der Waals surface area contributed by atoms with Crippen LogP contribution in [0.2, 0.25) is 5.02 Å². The Bertz CT molecular complexity index is 1060. The molecular formula is C16H11ClF2N2O3. The summed E-state index contributed by atoms with van der Waals surface area (Å²) >= 11 is 5.55. The van der Waals surface area contributed by atoms with Gasteiger partial charge in [0.15, 0.2) is 5.82 Å². The van der Waals surface area contributed by atoms with Gasteiger partial charge in [0.05, 0.1) is 23.7 Å². The molecule has 0 N–H and O–H groups in total. The molecule has 0 radical (unpaired) electrons. The molecule has 0 saturated heterocycles. The van der Waals surface area contributed by atoms with Gasteiger partial charge in [-0.15, -0.1) is 0 Å². The maximum atomic E-state index is 14.2. The van der Waals surface area contributed by atoms with E-state index in [4.69, 9.17) is 16.3 Å². The number of ether oxygens (including phenoxy) is 1. The molecular weight excluding hydrogens is 342 g/mol. The Labute approximate surface area is 139 Å². The number of pyridine rings is 2. The van der Waals surface area contributed by atoms with E-state index < -0.39 is 28.1 Å². The Hall–Kier alpha value is -2.54. The Kier molecular flexibility index (Phi) is 3.96. The lowest BCUT2D eigenvalue weighted by Gasteiger charge is -2.11. The summed E-state index contributed by atoms with van der Waals surface area (Å²) in [6, 6.07) is 0.937. The van der Waals surface area contributed by atoms with Crippen LogP contribution < -0.4 is 5.43 Å². The van der Waals surface area contributed by atoms with Crippen LogP contribution in [0.3, 0.4) is 0 Å². The Morgan fingerprint density at radius 1 is 1.42 bits per heavy atom. The second kappa shape index (κ2) is 5.83. The van der Waals surface area contributed by atoms with Crippen LogP contribution in [0.15, 0.2) is 23.3 Å². The summed E-state index contributed by atoms with van der Waals surface area (Å²) in [4.78, 5) is 28.6. The van der Waals surface area contributed by atoms with Gasteiger partial charge in [-0.05, 0) is 13.0 Å². The highest BCUT2D eigenvalue weighted by Gasteiger charge is 2.21. The molecule has 0 aliphatic carbocycles. The van der Waals surface area contributed by atoms with Crippen LogP contribution in [0.5, 0.6) is 0 Å². The van der Waals surface area contributed by atoms with E-state index in [1.54, 1.807) is 14.0 Å². The quantitative estimate of drug-likeness (QED) is 0.404. The average Bonchev–Trinajstić information content (AvgIpc) is 2.55. The molecule has 0 atom stereocenters. The number of carbonyl (C=O) groups excluding carboxylic acids is 1. The Morgan fingerprint density at radius 3 is 2.79 bits per heavy atom. The summed E-state index contributed by atoms with van der Waals surface area (Å²) in [5, 5.41) is -0.783. The van der Waals surface area contributed by atoms with Crippen molar-refractivity contribution in [2.75, 3.05) is 6.61 Å². The first-order chi connectivity index (χ1) is 11.4. The molecule has 124 valence electrons. The second-order valence-corrected chi connectivity index (χ2v) is 5.48. The van der Waals surface area contributed by atoms with Crippen LogP contribution >= 0.6 is 11.6 Å². The van der Waals surface area contributed by atoms with E-state index in [-0.39, 0.29) is 28.5 Å². The lowest BCUT2D eigenvalue weighted by molar-refractivity contribution is 0.0524. The zero-order valence-electron chi connectivity index (χ0n) is 12.7. The van der Waals surface area contributed by atoms with Crippen molar-refractivity contribution in [1.29, 1.82) is 0 Å². The van der Waals surface area contributed by atoms with Crippen molar-refractivity contribution < 1.29 is 18.3 Å². The number of nitrogens with zero attached hydrogens (tertiary/aromatic N) is 2. The smallest absolute Gasteiger partial charge is 0.343 e. The summed E-state index contributed by atoms with van der Waals surface area (Å²) in [6.45, 7) is 1.70. The zero-order valence-corrected chi connectivity index (χ0v) is 13.4. The van der Waals surface area contributed by atoms with Gasteiger partial charge in [-0.25, -0.2) is 13.6 Å². The van der Waals surface area contributed by atoms with Crippen molar-refractivity contribution >= 4 is 39.4 Å². The van der Waals surface area contributed by atoms with Gasteiger partial charge in [-0.3, -0.25) is 9.78 Å². The molecule has 1 aromatic carbocycles. The van der Waals surface area contributed by atoms with Crippen molar-refractivity contribution in [3.05, 3.63) is 50.9 Å². The van der Waals surface area contributed by atoms with E-state index in [9.17, 15) is 18.4 Å². The Balaban J connectivity index is 2.52. The molecule has 8 heteroatoms. The molecule has 0 aliphatic rings. The molecule has 2 heterocycles. The standard InChI is InChI=1S/C16H11ClF2N2O3/c1-3-24-16(23)8-6-21(2)10-5-20-14-7(11(10)15(8)22)4-9(18)12(17)13(14)19/h4-6H,3H2,1-2H3. The molecule has 0 fully saturated rings. The molecule has 0 bridgehead atoms. The van der Waals surface area contributed by atoms with Crippen molar-refractivity contribution in [1.82, 2.24) is 9.55 Å². The molecule has 0 unspecified atom stereocenters. The monoisotopic (exact) mass is 352 g/mol. The summed E-state index contributed by atoms with van der Waals surface area (Å²) in [7, 11) is 1.58. The first-order valence-corrected chi connectivity index (χ1v) is 7.37. The molecule has 0 saturated carbocycles. The van der Waals surface area contributed by atoms with E-state index >= 15 is 0 Å². The largest absolute Gasteiger partial charge is 0.462 e. The van der Waals surface area contributed by atoms with Gasteiger partial charge in [0.25, 0.3) is 0 Å². The minimum Gasteiger partial charge on any atom is -0.462 e. The third-order valence-electron chi connectivity index (χ3n) is 3.65. The van der Waals surface area contributed by atoms with Crippen LogP contribution in [0.4, 0.5) is 8.78 Å². The molecule has 0 aliphatic heterocycles. The minimum absolute atomic E-state index is 0.0254. The molecule has 24 heavy (non-hydrogen) atoms. The van der Waals surface area contributed by atoms with Gasteiger partial charge in [-0.2, -0.15) is 0 Å². The van der Waals surface area contributed by atoms with Crippen LogP contribution in [-0.4, -0.2) is 22.1 Å². The van der Waals surface area contributed by atoms with Crippen LogP contribution in [0, 0.1) is 11.6 Å². The maximum Gasteiger partial charge on any atom is 0.343 e. The van der Waals surface area contributed by atoms with Crippen molar-refractivity contribution in [2.45, 2.75) is 6.92 Å². The van der Waals surface area contributed by atoms with Gasteiger partial charge in [0, 0.05) is 18.6 Å². The predicted molar refractivity (Wildman–Crippen MR) is 85.4 cm³/mol. The zero-order chi connectivity index (χ0) is 17.6. The highest BCUT2D eigenvalue weighted by Crippen LogP contribution is 2.29. The maximum absolute atomic E-state index is 14.2. The van der Waals surface area contributed by atoms with Gasteiger partial charge < -0.3 is 9.30 Å². The fourth-order valence-electron chi connectivity index (χ4n) is 2.55. The summed E-state index contributed by atoms with van der Waals surface area (Å²) in [5.74, 6) is -2.88. The molecule has 0 amide bonds. The third-order valence-corrected chi connectivity index (χ3v) is 3.99. The molecule has 0 spiro atoms. The van der Waals surface area contributed by atoms with Crippen LogP contribution in [0.25, 0.3) is 21.8 Å². The van der Waals surface area contributed by atoms with E-state index in [0.29, 0.717) is 5.52 Å². The third kappa shape index (κ3) is 2.32. The second-order valence-electron chi connectivity index (χ2n) is 5.10. The number of aromatic nitrogens is 2. The summed E-state index contributed by atoms with van der Waals surface area (Å²) in [5.41, 5.74) is -0.834.